The lowest BCUT2D eigenvalue weighted by Crippen LogP contribution is -2.43. The molecule has 1 fully saturated rings. The lowest BCUT2D eigenvalue weighted by molar-refractivity contribution is -0.130. The van der Waals surface area contributed by atoms with Gasteiger partial charge in [-0.15, -0.1) is 0 Å². The first-order valence-corrected chi connectivity index (χ1v) is 13.3. The fraction of sp³-hybridized carbons (Fsp3) is 0.607. The maximum absolute atomic E-state index is 14.0. The summed E-state index contributed by atoms with van der Waals surface area (Å²) >= 11 is 0. The molecule has 3 heterocycles. The normalized spacial score (nSPS) is 18.7. The monoisotopic (exact) mass is 497 g/mol. The standard InChI is InChI=1S/C28H40FN5O2/c1-18(2)28(36)31-26(22-7-6-8-23(29)16-22)15-19(3)32-12-9-24(10-13-32)34-20(4)30-25-11-14-33(21(5)35)17-27(25)34/h6-8,16,18-19,24,26H,9-15,17H2,1-5H3,(H,31,36)/t19?,26-/m0/s1. The van der Waals surface area contributed by atoms with Gasteiger partial charge in [-0.1, -0.05) is 26.0 Å². The summed E-state index contributed by atoms with van der Waals surface area (Å²) in [5.41, 5.74) is 3.14. The van der Waals surface area contributed by atoms with E-state index in [1.165, 1.54) is 17.8 Å². The molecular formula is C28H40FN5O2. The minimum atomic E-state index is -0.285. The molecule has 196 valence electrons. The summed E-state index contributed by atoms with van der Waals surface area (Å²) in [6.45, 7) is 12.9. The number of halogens is 1. The molecule has 0 bridgehead atoms. The Morgan fingerprint density at radius 2 is 1.89 bits per heavy atom. The first kappa shape index (κ1) is 26.3. The number of rotatable bonds is 7. The van der Waals surface area contributed by atoms with Gasteiger partial charge in [0.25, 0.3) is 0 Å². The van der Waals surface area contributed by atoms with E-state index < -0.39 is 0 Å². The largest absolute Gasteiger partial charge is 0.349 e. The second-order valence-corrected chi connectivity index (χ2v) is 10.7. The molecule has 2 aromatic rings. The van der Waals surface area contributed by atoms with Crippen molar-refractivity contribution >= 4 is 11.8 Å². The van der Waals surface area contributed by atoms with Crippen LogP contribution in [0.25, 0.3) is 0 Å². The molecule has 8 heteroatoms. The van der Waals surface area contributed by atoms with Crippen LogP contribution in [0.1, 0.15) is 81.8 Å². The number of piperidine rings is 1. The maximum Gasteiger partial charge on any atom is 0.223 e. The summed E-state index contributed by atoms with van der Waals surface area (Å²) in [6, 6.07) is 6.93. The predicted molar refractivity (Wildman–Crippen MR) is 138 cm³/mol. The number of amides is 2. The SMILES string of the molecule is CC(=O)N1CCc2nc(C)n(C3CCN(C(C)C[C@H](NC(=O)C(C)C)c4cccc(F)c4)CC3)c2C1. The Kier molecular flexibility index (Phi) is 8.13. The van der Waals surface area contributed by atoms with E-state index in [1.807, 2.05) is 24.8 Å². The summed E-state index contributed by atoms with van der Waals surface area (Å²) < 4.78 is 16.3. The van der Waals surface area contributed by atoms with Gasteiger partial charge in [0, 0.05) is 51.0 Å². The molecule has 7 nitrogen and oxygen atoms in total. The van der Waals surface area contributed by atoms with Crippen LogP contribution in [0.4, 0.5) is 4.39 Å². The van der Waals surface area contributed by atoms with E-state index in [0.717, 1.165) is 62.4 Å². The Hall–Kier alpha value is -2.74. The first-order valence-electron chi connectivity index (χ1n) is 13.3. The van der Waals surface area contributed by atoms with Gasteiger partial charge in [-0.25, -0.2) is 9.37 Å². The third-order valence-electron chi connectivity index (χ3n) is 7.83. The topological polar surface area (TPSA) is 70.5 Å². The molecule has 1 N–H and O–H groups in total. The molecule has 1 unspecified atom stereocenters. The van der Waals surface area contributed by atoms with Gasteiger partial charge in [0.05, 0.1) is 24.0 Å². The number of benzene rings is 1. The van der Waals surface area contributed by atoms with Crippen LogP contribution < -0.4 is 5.32 Å². The van der Waals surface area contributed by atoms with Gasteiger partial charge in [-0.2, -0.15) is 0 Å². The number of likely N-dealkylation sites (tertiary alicyclic amines) is 1. The smallest absolute Gasteiger partial charge is 0.223 e. The highest BCUT2D eigenvalue weighted by atomic mass is 19.1. The molecule has 0 saturated carbocycles. The second kappa shape index (κ2) is 11.1. The van der Waals surface area contributed by atoms with Gasteiger partial charge in [-0.05, 0) is 50.8 Å². The van der Waals surface area contributed by atoms with Crippen molar-refractivity contribution in [3.63, 3.8) is 0 Å². The Morgan fingerprint density at radius 3 is 2.53 bits per heavy atom. The van der Waals surface area contributed by atoms with E-state index in [1.54, 1.807) is 13.0 Å². The Morgan fingerprint density at radius 1 is 1.17 bits per heavy atom. The second-order valence-electron chi connectivity index (χ2n) is 10.7. The van der Waals surface area contributed by atoms with Crippen molar-refractivity contribution < 1.29 is 14.0 Å². The van der Waals surface area contributed by atoms with Crippen LogP contribution >= 0.6 is 0 Å². The lowest BCUT2D eigenvalue weighted by atomic mass is 9.95. The fourth-order valence-corrected chi connectivity index (χ4v) is 5.68. The minimum Gasteiger partial charge on any atom is -0.349 e. The maximum atomic E-state index is 14.0. The highest BCUT2D eigenvalue weighted by Crippen LogP contribution is 2.32. The number of carbonyl (C=O) groups is 2. The predicted octanol–water partition coefficient (Wildman–Crippen LogP) is 4.16. The highest BCUT2D eigenvalue weighted by Gasteiger charge is 2.31. The Bertz CT molecular complexity index is 1090. The fourth-order valence-electron chi connectivity index (χ4n) is 5.68. The summed E-state index contributed by atoms with van der Waals surface area (Å²) in [5.74, 6) is 0.726. The number of nitrogens with zero attached hydrogens (tertiary/aromatic N) is 4. The van der Waals surface area contributed by atoms with Crippen molar-refractivity contribution in [3.8, 4) is 0 Å². The van der Waals surface area contributed by atoms with Crippen LogP contribution in [0.5, 0.6) is 0 Å². The van der Waals surface area contributed by atoms with Crippen LogP contribution in [0.3, 0.4) is 0 Å². The zero-order chi connectivity index (χ0) is 26.0. The van der Waals surface area contributed by atoms with Gasteiger partial charge in [0.1, 0.15) is 11.6 Å². The Labute approximate surface area is 214 Å². The van der Waals surface area contributed by atoms with Crippen LogP contribution in [0, 0.1) is 18.7 Å². The summed E-state index contributed by atoms with van der Waals surface area (Å²) in [5, 5.41) is 3.14. The van der Waals surface area contributed by atoms with Crippen LogP contribution in [-0.4, -0.2) is 56.8 Å². The van der Waals surface area contributed by atoms with Crippen molar-refractivity contribution in [1.29, 1.82) is 0 Å². The van der Waals surface area contributed by atoms with Crippen LogP contribution in [0.2, 0.25) is 0 Å². The van der Waals surface area contributed by atoms with Gasteiger partial charge in [-0.3, -0.25) is 9.59 Å². The molecule has 1 aromatic heterocycles. The van der Waals surface area contributed by atoms with Crippen molar-refractivity contribution in [2.75, 3.05) is 19.6 Å². The number of nitrogens with one attached hydrogen (secondary N) is 1. The first-order chi connectivity index (χ1) is 17.1. The number of carbonyl (C=O) groups excluding carboxylic acids is 2. The van der Waals surface area contributed by atoms with E-state index >= 15 is 0 Å². The van der Waals surface area contributed by atoms with E-state index in [2.05, 4.69) is 28.6 Å². The zero-order valence-corrected chi connectivity index (χ0v) is 22.3. The number of fused-ring (bicyclic) bond motifs is 1. The molecule has 1 aromatic carbocycles. The molecule has 0 aliphatic carbocycles. The molecule has 2 aliphatic rings. The van der Waals surface area contributed by atoms with Crippen molar-refractivity contribution in [1.82, 2.24) is 24.7 Å². The molecule has 2 atom stereocenters. The summed E-state index contributed by atoms with van der Waals surface area (Å²) in [7, 11) is 0. The van der Waals surface area contributed by atoms with E-state index in [-0.39, 0.29) is 35.6 Å². The third kappa shape index (κ3) is 5.80. The van der Waals surface area contributed by atoms with E-state index in [0.29, 0.717) is 12.6 Å². The number of aromatic nitrogens is 2. The number of hydrogen-bond donors (Lipinski definition) is 1. The summed E-state index contributed by atoms with van der Waals surface area (Å²) in [6.07, 6.45) is 3.57. The molecular weight excluding hydrogens is 457 g/mol. The summed E-state index contributed by atoms with van der Waals surface area (Å²) in [4.78, 5) is 33.7. The van der Waals surface area contributed by atoms with Gasteiger partial charge < -0.3 is 19.7 Å². The van der Waals surface area contributed by atoms with Crippen LogP contribution in [-0.2, 0) is 22.6 Å². The Balaban J connectivity index is 1.42. The van der Waals surface area contributed by atoms with Crippen LogP contribution in [0.15, 0.2) is 24.3 Å². The lowest BCUT2D eigenvalue weighted by Gasteiger charge is -2.39. The molecule has 36 heavy (non-hydrogen) atoms. The average Bonchev–Trinajstić information content (AvgIpc) is 3.18. The van der Waals surface area contributed by atoms with Gasteiger partial charge in [0.15, 0.2) is 0 Å². The molecule has 0 radical (unpaired) electrons. The third-order valence-corrected chi connectivity index (χ3v) is 7.83. The minimum absolute atomic E-state index is 0.0184. The van der Waals surface area contributed by atoms with Gasteiger partial charge in [0.2, 0.25) is 11.8 Å². The average molecular weight is 498 g/mol. The molecule has 0 spiro atoms. The number of imidazole rings is 1. The molecule has 1 saturated heterocycles. The van der Waals surface area contributed by atoms with E-state index in [4.69, 9.17) is 4.98 Å². The van der Waals surface area contributed by atoms with Crippen molar-refractivity contribution in [2.24, 2.45) is 5.92 Å². The quantitative estimate of drug-likeness (QED) is 0.624. The molecule has 2 amide bonds. The van der Waals surface area contributed by atoms with E-state index in [9.17, 15) is 14.0 Å². The number of aryl methyl sites for hydroxylation is 1. The van der Waals surface area contributed by atoms with Gasteiger partial charge >= 0.3 is 0 Å². The van der Waals surface area contributed by atoms with Crippen molar-refractivity contribution in [2.45, 2.75) is 85.0 Å². The number of hydrogen-bond acceptors (Lipinski definition) is 4. The highest BCUT2D eigenvalue weighted by molar-refractivity contribution is 5.78. The molecule has 2 aliphatic heterocycles. The zero-order valence-electron chi connectivity index (χ0n) is 22.3. The molecule has 4 rings (SSSR count). The van der Waals surface area contributed by atoms with Crippen molar-refractivity contribution in [3.05, 3.63) is 52.9 Å².